The first-order valence-corrected chi connectivity index (χ1v) is 7.12. The fourth-order valence-electron chi connectivity index (χ4n) is 2.84. The van der Waals surface area contributed by atoms with Gasteiger partial charge in [-0.05, 0) is 18.4 Å². The van der Waals surface area contributed by atoms with Crippen LogP contribution >= 0.6 is 0 Å². The van der Waals surface area contributed by atoms with E-state index in [4.69, 9.17) is 4.74 Å². The molecule has 0 radical (unpaired) electrons. The molecule has 0 bridgehead atoms. The summed E-state index contributed by atoms with van der Waals surface area (Å²) >= 11 is 0. The molecule has 102 valence electrons. The van der Waals surface area contributed by atoms with Crippen molar-refractivity contribution in [2.45, 2.75) is 18.9 Å². The van der Waals surface area contributed by atoms with E-state index in [9.17, 15) is 4.79 Å². The molecule has 0 aromatic heterocycles. The van der Waals surface area contributed by atoms with Gasteiger partial charge in [-0.15, -0.1) is 0 Å². The maximum Gasteiger partial charge on any atom is 0.168 e. The molecule has 0 amide bonds. The minimum Gasteiger partial charge on any atom is -0.373 e. The van der Waals surface area contributed by atoms with Gasteiger partial charge in [-0.3, -0.25) is 4.79 Å². The first kappa shape index (κ1) is 13.1. The molecule has 1 heterocycles. The van der Waals surface area contributed by atoms with Gasteiger partial charge >= 0.3 is 0 Å². The van der Waals surface area contributed by atoms with E-state index in [-0.39, 0.29) is 17.8 Å². The van der Waals surface area contributed by atoms with E-state index in [0.29, 0.717) is 0 Å². The van der Waals surface area contributed by atoms with E-state index >= 15 is 0 Å². The Morgan fingerprint density at radius 3 is 2.30 bits per heavy atom. The lowest BCUT2D eigenvalue weighted by molar-refractivity contribution is -0.0201. The molecular formula is C18H18O2. The quantitative estimate of drug-likeness (QED) is 0.784. The summed E-state index contributed by atoms with van der Waals surface area (Å²) in [7, 11) is 0. The van der Waals surface area contributed by atoms with Crippen molar-refractivity contribution in [2.24, 2.45) is 5.92 Å². The SMILES string of the molecule is O=C(c1ccccc1)[C@@H]1CCCO[C@H]1c1ccccc1. The monoisotopic (exact) mass is 266 g/mol. The van der Waals surface area contributed by atoms with Crippen LogP contribution in [0, 0.1) is 5.92 Å². The Kier molecular flexibility index (Phi) is 3.93. The van der Waals surface area contributed by atoms with Crippen LogP contribution in [0.25, 0.3) is 0 Å². The molecule has 2 aromatic rings. The Morgan fingerprint density at radius 2 is 1.60 bits per heavy atom. The van der Waals surface area contributed by atoms with Gasteiger partial charge in [0, 0.05) is 12.2 Å². The van der Waals surface area contributed by atoms with E-state index in [1.54, 1.807) is 0 Å². The molecule has 2 heteroatoms. The Labute approximate surface area is 119 Å². The van der Waals surface area contributed by atoms with Crippen LogP contribution in [-0.2, 0) is 4.74 Å². The molecule has 0 spiro atoms. The summed E-state index contributed by atoms with van der Waals surface area (Å²) in [5.41, 5.74) is 1.88. The highest BCUT2D eigenvalue weighted by Gasteiger charge is 2.33. The van der Waals surface area contributed by atoms with Crippen LogP contribution in [0.2, 0.25) is 0 Å². The zero-order chi connectivity index (χ0) is 13.8. The zero-order valence-electron chi connectivity index (χ0n) is 11.4. The summed E-state index contributed by atoms with van der Waals surface area (Å²) in [5, 5.41) is 0. The van der Waals surface area contributed by atoms with Crippen LogP contribution in [-0.4, -0.2) is 12.4 Å². The normalized spacial score (nSPS) is 22.4. The maximum atomic E-state index is 12.7. The third-order valence-electron chi connectivity index (χ3n) is 3.85. The smallest absolute Gasteiger partial charge is 0.168 e. The molecule has 1 saturated heterocycles. The van der Waals surface area contributed by atoms with Crippen molar-refractivity contribution in [3.63, 3.8) is 0 Å². The Balaban J connectivity index is 1.88. The summed E-state index contributed by atoms with van der Waals surface area (Å²) in [6, 6.07) is 19.6. The Morgan fingerprint density at radius 1 is 0.950 bits per heavy atom. The van der Waals surface area contributed by atoms with Gasteiger partial charge in [0.05, 0.1) is 12.0 Å². The molecule has 0 aliphatic carbocycles. The minimum absolute atomic E-state index is 0.0754. The van der Waals surface area contributed by atoms with Crippen molar-refractivity contribution < 1.29 is 9.53 Å². The van der Waals surface area contributed by atoms with Gasteiger partial charge in [0.2, 0.25) is 0 Å². The van der Waals surface area contributed by atoms with E-state index in [1.807, 2.05) is 60.7 Å². The summed E-state index contributed by atoms with van der Waals surface area (Å²) < 4.78 is 5.90. The van der Waals surface area contributed by atoms with Crippen LogP contribution in [0.4, 0.5) is 0 Å². The molecule has 2 aromatic carbocycles. The summed E-state index contributed by atoms with van der Waals surface area (Å²) in [5.74, 6) is 0.118. The zero-order valence-corrected chi connectivity index (χ0v) is 11.4. The lowest BCUT2D eigenvalue weighted by atomic mass is 9.84. The van der Waals surface area contributed by atoms with E-state index in [0.717, 1.165) is 30.6 Å². The number of carbonyl (C=O) groups excluding carboxylic acids is 1. The third-order valence-corrected chi connectivity index (χ3v) is 3.85. The molecule has 0 saturated carbocycles. The summed E-state index contributed by atoms with van der Waals surface area (Å²) in [4.78, 5) is 12.7. The average Bonchev–Trinajstić information content (AvgIpc) is 2.56. The third kappa shape index (κ3) is 2.66. The van der Waals surface area contributed by atoms with Gasteiger partial charge < -0.3 is 4.74 Å². The molecule has 20 heavy (non-hydrogen) atoms. The predicted molar refractivity (Wildman–Crippen MR) is 78.6 cm³/mol. The first-order valence-electron chi connectivity index (χ1n) is 7.12. The fourth-order valence-corrected chi connectivity index (χ4v) is 2.84. The van der Waals surface area contributed by atoms with Crippen molar-refractivity contribution in [1.82, 2.24) is 0 Å². The Hall–Kier alpha value is -1.93. The number of Topliss-reactive ketones (excluding diaryl/α,β-unsaturated/α-hetero) is 1. The highest BCUT2D eigenvalue weighted by molar-refractivity contribution is 5.98. The van der Waals surface area contributed by atoms with Gasteiger partial charge in [-0.1, -0.05) is 60.7 Å². The van der Waals surface area contributed by atoms with E-state index in [2.05, 4.69) is 0 Å². The largest absolute Gasteiger partial charge is 0.373 e. The molecule has 0 N–H and O–H groups in total. The molecular weight excluding hydrogens is 248 g/mol. The van der Waals surface area contributed by atoms with Crippen molar-refractivity contribution in [1.29, 1.82) is 0 Å². The van der Waals surface area contributed by atoms with Crippen LogP contribution in [0.1, 0.15) is 34.9 Å². The highest BCUT2D eigenvalue weighted by atomic mass is 16.5. The number of rotatable bonds is 3. The van der Waals surface area contributed by atoms with Gasteiger partial charge in [-0.2, -0.15) is 0 Å². The second kappa shape index (κ2) is 6.02. The van der Waals surface area contributed by atoms with Gasteiger partial charge in [-0.25, -0.2) is 0 Å². The molecule has 2 nitrogen and oxygen atoms in total. The van der Waals surface area contributed by atoms with Gasteiger partial charge in [0.1, 0.15) is 0 Å². The highest BCUT2D eigenvalue weighted by Crippen LogP contribution is 2.35. The first-order chi connectivity index (χ1) is 9.86. The lowest BCUT2D eigenvalue weighted by Crippen LogP contribution is -2.29. The number of benzene rings is 2. The average molecular weight is 266 g/mol. The maximum absolute atomic E-state index is 12.7. The number of hydrogen-bond acceptors (Lipinski definition) is 2. The van der Waals surface area contributed by atoms with Crippen molar-refractivity contribution in [3.05, 3.63) is 71.8 Å². The molecule has 3 rings (SSSR count). The number of ketones is 1. The second-order valence-electron chi connectivity index (χ2n) is 5.18. The number of ether oxygens (including phenoxy) is 1. The molecule has 0 unspecified atom stereocenters. The summed E-state index contributed by atoms with van der Waals surface area (Å²) in [6.07, 6.45) is 1.73. The lowest BCUT2D eigenvalue weighted by Gasteiger charge is -2.31. The minimum atomic E-state index is -0.113. The van der Waals surface area contributed by atoms with Gasteiger partial charge in [0.15, 0.2) is 5.78 Å². The van der Waals surface area contributed by atoms with E-state index < -0.39 is 0 Å². The second-order valence-corrected chi connectivity index (χ2v) is 5.18. The molecule has 1 aliphatic heterocycles. The topological polar surface area (TPSA) is 26.3 Å². The van der Waals surface area contributed by atoms with Gasteiger partial charge in [0.25, 0.3) is 0 Å². The van der Waals surface area contributed by atoms with Crippen molar-refractivity contribution in [2.75, 3.05) is 6.61 Å². The molecule has 1 aliphatic rings. The van der Waals surface area contributed by atoms with Crippen LogP contribution in [0.15, 0.2) is 60.7 Å². The van der Waals surface area contributed by atoms with E-state index in [1.165, 1.54) is 0 Å². The van der Waals surface area contributed by atoms with Crippen molar-refractivity contribution >= 4 is 5.78 Å². The molecule has 2 atom stereocenters. The molecule has 1 fully saturated rings. The standard InChI is InChI=1S/C18H18O2/c19-17(14-8-3-1-4-9-14)16-12-7-13-20-18(16)15-10-5-2-6-11-15/h1-6,8-11,16,18H,7,12-13H2/t16-,18-/m0/s1. The van der Waals surface area contributed by atoms with Crippen LogP contribution in [0.3, 0.4) is 0 Å². The van der Waals surface area contributed by atoms with Crippen LogP contribution < -0.4 is 0 Å². The fraction of sp³-hybridized carbons (Fsp3) is 0.278. The van der Waals surface area contributed by atoms with Crippen LogP contribution in [0.5, 0.6) is 0 Å². The predicted octanol–water partition coefficient (Wildman–Crippen LogP) is 4.04. The summed E-state index contributed by atoms with van der Waals surface area (Å²) in [6.45, 7) is 0.734. The Bertz CT molecular complexity index is 562. The van der Waals surface area contributed by atoms with Crippen molar-refractivity contribution in [3.8, 4) is 0 Å². The number of carbonyl (C=O) groups is 1. The number of hydrogen-bond donors (Lipinski definition) is 0.